The van der Waals surface area contributed by atoms with Gasteiger partial charge in [0, 0.05) is 38.1 Å². The van der Waals surface area contributed by atoms with Crippen molar-refractivity contribution in [1.29, 1.82) is 0 Å². The summed E-state index contributed by atoms with van der Waals surface area (Å²) >= 11 is 0. The van der Waals surface area contributed by atoms with E-state index in [0.29, 0.717) is 30.5 Å². The van der Waals surface area contributed by atoms with E-state index in [1.165, 1.54) is 11.3 Å². The first-order chi connectivity index (χ1) is 14.0. The Labute approximate surface area is 171 Å². The predicted molar refractivity (Wildman–Crippen MR) is 116 cm³/mol. The number of para-hydroxylation sites is 1. The smallest absolute Gasteiger partial charge is 0.255 e. The molecular formula is C24H27N3O2. The first-order valence-corrected chi connectivity index (χ1v) is 9.98. The lowest BCUT2D eigenvalue weighted by atomic mass is 10.1. The Morgan fingerprint density at radius 3 is 2.83 bits per heavy atom. The highest BCUT2D eigenvalue weighted by atomic mass is 16.3. The van der Waals surface area contributed by atoms with Crippen LogP contribution in [0.3, 0.4) is 0 Å². The molecule has 0 saturated carbocycles. The number of anilines is 2. The monoisotopic (exact) mass is 389 g/mol. The van der Waals surface area contributed by atoms with Crippen molar-refractivity contribution in [2.24, 2.45) is 0 Å². The maximum Gasteiger partial charge on any atom is 0.255 e. The Bertz CT molecular complexity index is 1010. The van der Waals surface area contributed by atoms with Crippen LogP contribution >= 0.6 is 0 Å². The minimum absolute atomic E-state index is 0.107. The number of carbonyl (C=O) groups is 1. The summed E-state index contributed by atoms with van der Waals surface area (Å²) in [6.07, 6.45) is 2.62. The molecule has 1 unspecified atom stereocenters. The number of furan rings is 1. The standard InChI is InChI=1S/C24H27N3O2/c1-17-13-19-8-4-5-10-22(19)27(17)16-23-21(11-12-29-23)24(28)25-15-18-7-6-9-20(14-18)26(2)3/h4-12,14,17H,13,15-16H2,1-3H3,(H,25,28). The van der Waals surface area contributed by atoms with Gasteiger partial charge in [0.2, 0.25) is 0 Å². The Morgan fingerprint density at radius 1 is 1.17 bits per heavy atom. The van der Waals surface area contributed by atoms with E-state index in [4.69, 9.17) is 4.42 Å². The van der Waals surface area contributed by atoms with E-state index in [2.05, 4.69) is 58.4 Å². The van der Waals surface area contributed by atoms with Gasteiger partial charge in [-0.25, -0.2) is 0 Å². The molecule has 1 aromatic heterocycles. The molecule has 5 heteroatoms. The molecular weight excluding hydrogens is 362 g/mol. The van der Waals surface area contributed by atoms with Gasteiger partial charge in [0.15, 0.2) is 0 Å². The van der Waals surface area contributed by atoms with E-state index in [0.717, 1.165) is 17.7 Å². The molecule has 0 spiro atoms. The van der Waals surface area contributed by atoms with Crippen LogP contribution in [0.25, 0.3) is 0 Å². The van der Waals surface area contributed by atoms with Crippen molar-refractivity contribution >= 4 is 17.3 Å². The minimum atomic E-state index is -0.107. The highest BCUT2D eigenvalue weighted by Gasteiger charge is 2.27. The molecule has 29 heavy (non-hydrogen) atoms. The third-order valence-electron chi connectivity index (χ3n) is 5.53. The van der Waals surface area contributed by atoms with Gasteiger partial charge in [-0.3, -0.25) is 4.79 Å². The third kappa shape index (κ3) is 3.99. The van der Waals surface area contributed by atoms with Crippen LogP contribution in [0.4, 0.5) is 11.4 Å². The molecule has 3 aromatic rings. The number of hydrogen-bond acceptors (Lipinski definition) is 4. The van der Waals surface area contributed by atoms with Crippen LogP contribution in [0, 0.1) is 0 Å². The number of nitrogens with one attached hydrogen (secondary N) is 1. The molecule has 1 aliphatic rings. The fraction of sp³-hybridized carbons (Fsp3) is 0.292. The maximum atomic E-state index is 12.8. The quantitative estimate of drug-likeness (QED) is 0.686. The van der Waals surface area contributed by atoms with Crippen molar-refractivity contribution in [2.75, 3.05) is 23.9 Å². The lowest BCUT2D eigenvalue weighted by molar-refractivity contribution is 0.0949. The maximum absolute atomic E-state index is 12.8. The molecule has 0 fully saturated rings. The molecule has 150 valence electrons. The summed E-state index contributed by atoms with van der Waals surface area (Å²) < 4.78 is 5.70. The lowest BCUT2D eigenvalue weighted by Gasteiger charge is -2.24. The molecule has 1 atom stereocenters. The van der Waals surface area contributed by atoms with Gasteiger partial charge in [0.1, 0.15) is 5.76 Å². The average molecular weight is 389 g/mol. The molecule has 2 heterocycles. The molecule has 0 radical (unpaired) electrons. The largest absolute Gasteiger partial charge is 0.467 e. The average Bonchev–Trinajstić information content (AvgIpc) is 3.31. The predicted octanol–water partition coefficient (Wildman–Crippen LogP) is 4.23. The van der Waals surface area contributed by atoms with Crippen LogP contribution in [-0.2, 0) is 19.5 Å². The number of amides is 1. The van der Waals surface area contributed by atoms with Crippen LogP contribution in [-0.4, -0.2) is 26.0 Å². The van der Waals surface area contributed by atoms with Gasteiger partial charge in [-0.05, 0) is 48.7 Å². The fourth-order valence-corrected chi connectivity index (χ4v) is 3.91. The van der Waals surface area contributed by atoms with E-state index >= 15 is 0 Å². The second-order valence-corrected chi connectivity index (χ2v) is 7.81. The Kier molecular flexibility index (Phi) is 5.30. The van der Waals surface area contributed by atoms with Crippen molar-refractivity contribution in [2.45, 2.75) is 32.5 Å². The number of carbonyl (C=O) groups excluding carboxylic acids is 1. The van der Waals surface area contributed by atoms with Gasteiger partial charge in [0.25, 0.3) is 5.91 Å². The van der Waals surface area contributed by atoms with Gasteiger partial charge in [-0.2, -0.15) is 0 Å². The van der Waals surface area contributed by atoms with Gasteiger partial charge in [0.05, 0.1) is 18.4 Å². The normalized spacial score (nSPS) is 15.3. The molecule has 0 bridgehead atoms. The van der Waals surface area contributed by atoms with Crippen LogP contribution in [0.2, 0.25) is 0 Å². The number of hydrogen-bond donors (Lipinski definition) is 1. The number of benzene rings is 2. The molecule has 1 aliphatic heterocycles. The van der Waals surface area contributed by atoms with E-state index in [1.807, 2.05) is 26.2 Å². The third-order valence-corrected chi connectivity index (χ3v) is 5.53. The van der Waals surface area contributed by atoms with Crippen LogP contribution in [0.5, 0.6) is 0 Å². The van der Waals surface area contributed by atoms with Crippen molar-refractivity contribution < 1.29 is 9.21 Å². The molecule has 2 aromatic carbocycles. The Morgan fingerprint density at radius 2 is 2.00 bits per heavy atom. The summed E-state index contributed by atoms with van der Waals surface area (Å²) in [6.45, 7) is 3.28. The van der Waals surface area contributed by atoms with E-state index in [1.54, 1.807) is 12.3 Å². The van der Waals surface area contributed by atoms with E-state index in [-0.39, 0.29) is 5.91 Å². The van der Waals surface area contributed by atoms with Crippen molar-refractivity contribution in [1.82, 2.24) is 5.32 Å². The zero-order valence-electron chi connectivity index (χ0n) is 17.2. The molecule has 0 aliphatic carbocycles. The van der Waals surface area contributed by atoms with Crippen molar-refractivity contribution in [3.8, 4) is 0 Å². The topological polar surface area (TPSA) is 48.7 Å². The first-order valence-electron chi connectivity index (χ1n) is 9.98. The van der Waals surface area contributed by atoms with Gasteiger partial charge >= 0.3 is 0 Å². The molecule has 1 N–H and O–H groups in total. The number of fused-ring (bicyclic) bond motifs is 1. The minimum Gasteiger partial charge on any atom is -0.467 e. The van der Waals surface area contributed by atoms with Gasteiger partial charge < -0.3 is 19.5 Å². The molecule has 1 amide bonds. The van der Waals surface area contributed by atoms with Crippen molar-refractivity contribution in [3.63, 3.8) is 0 Å². The Hall–Kier alpha value is -3.21. The Balaban J connectivity index is 1.45. The van der Waals surface area contributed by atoms with Crippen LogP contribution < -0.4 is 15.1 Å². The second kappa shape index (κ2) is 8.03. The first kappa shape index (κ1) is 19.1. The highest BCUT2D eigenvalue weighted by molar-refractivity contribution is 5.95. The molecule has 5 nitrogen and oxygen atoms in total. The van der Waals surface area contributed by atoms with Crippen LogP contribution in [0.15, 0.2) is 65.3 Å². The summed E-state index contributed by atoms with van der Waals surface area (Å²) in [5.74, 6) is 0.595. The lowest BCUT2D eigenvalue weighted by Crippen LogP contribution is -2.30. The SMILES string of the molecule is CC1Cc2ccccc2N1Cc1occc1C(=O)NCc1cccc(N(C)C)c1. The van der Waals surface area contributed by atoms with E-state index < -0.39 is 0 Å². The number of nitrogens with zero attached hydrogens (tertiary/aromatic N) is 2. The van der Waals surface area contributed by atoms with Gasteiger partial charge in [-0.1, -0.05) is 30.3 Å². The number of rotatable bonds is 6. The summed E-state index contributed by atoms with van der Waals surface area (Å²) in [4.78, 5) is 17.2. The zero-order chi connectivity index (χ0) is 20.4. The molecule has 0 saturated heterocycles. The summed E-state index contributed by atoms with van der Waals surface area (Å²) in [5.41, 5.74) is 5.35. The van der Waals surface area contributed by atoms with E-state index in [9.17, 15) is 4.79 Å². The molecule has 4 rings (SSSR count). The highest BCUT2D eigenvalue weighted by Crippen LogP contribution is 2.33. The fourth-order valence-electron chi connectivity index (χ4n) is 3.91. The second-order valence-electron chi connectivity index (χ2n) is 7.81. The van der Waals surface area contributed by atoms with Gasteiger partial charge in [-0.15, -0.1) is 0 Å². The van der Waals surface area contributed by atoms with Crippen molar-refractivity contribution in [3.05, 3.63) is 83.3 Å². The summed E-state index contributed by atoms with van der Waals surface area (Å²) in [6, 6.07) is 18.7. The summed E-state index contributed by atoms with van der Waals surface area (Å²) in [5, 5.41) is 3.03. The van der Waals surface area contributed by atoms with Crippen LogP contribution in [0.1, 0.15) is 34.2 Å². The summed E-state index contributed by atoms with van der Waals surface area (Å²) in [7, 11) is 4.01. The zero-order valence-corrected chi connectivity index (χ0v) is 17.2.